The fourth-order valence-electron chi connectivity index (χ4n) is 1.48. The highest BCUT2D eigenvalue weighted by molar-refractivity contribution is 5.83. The number of carbonyl (C=O) groups is 1. The SMILES string of the molecule is CCNC(=O)C(C)Nc1nnc(CNC2CC2)o1. The van der Waals surface area contributed by atoms with E-state index < -0.39 is 6.04 Å². The lowest BCUT2D eigenvalue weighted by Crippen LogP contribution is -2.37. The van der Waals surface area contributed by atoms with Crippen LogP contribution in [0, 0.1) is 0 Å². The fraction of sp³-hybridized carbons (Fsp3) is 0.727. The summed E-state index contributed by atoms with van der Waals surface area (Å²) in [5, 5.41) is 16.6. The van der Waals surface area contributed by atoms with Gasteiger partial charge in [0, 0.05) is 12.6 Å². The Bertz CT molecular complexity index is 402. The summed E-state index contributed by atoms with van der Waals surface area (Å²) in [6.07, 6.45) is 2.43. The molecule has 3 N–H and O–H groups in total. The molecule has 0 aromatic carbocycles. The first-order chi connectivity index (χ1) is 8.69. The number of hydrogen-bond acceptors (Lipinski definition) is 6. The van der Waals surface area contributed by atoms with Crippen LogP contribution in [0.3, 0.4) is 0 Å². The molecule has 1 saturated carbocycles. The molecule has 0 radical (unpaired) electrons. The predicted molar refractivity (Wildman–Crippen MR) is 65.9 cm³/mol. The third-order valence-electron chi connectivity index (χ3n) is 2.67. The topological polar surface area (TPSA) is 92.1 Å². The summed E-state index contributed by atoms with van der Waals surface area (Å²) in [6.45, 7) is 4.80. The van der Waals surface area contributed by atoms with Crippen LogP contribution in [0.4, 0.5) is 6.01 Å². The Morgan fingerprint density at radius 2 is 2.28 bits per heavy atom. The molecule has 0 bridgehead atoms. The van der Waals surface area contributed by atoms with Crippen molar-refractivity contribution in [2.24, 2.45) is 0 Å². The Balaban J connectivity index is 1.79. The molecule has 0 spiro atoms. The molecule has 1 aromatic rings. The third-order valence-corrected chi connectivity index (χ3v) is 2.67. The van der Waals surface area contributed by atoms with E-state index in [0.717, 1.165) is 0 Å². The smallest absolute Gasteiger partial charge is 0.316 e. The minimum Gasteiger partial charge on any atom is -0.407 e. The third kappa shape index (κ3) is 3.69. The van der Waals surface area contributed by atoms with E-state index >= 15 is 0 Å². The maximum absolute atomic E-state index is 11.5. The Labute approximate surface area is 106 Å². The van der Waals surface area contributed by atoms with Crippen molar-refractivity contribution in [3.63, 3.8) is 0 Å². The van der Waals surface area contributed by atoms with Crippen molar-refractivity contribution in [3.8, 4) is 0 Å². The maximum Gasteiger partial charge on any atom is 0.316 e. The molecular formula is C11H19N5O2. The monoisotopic (exact) mass is 253 g/mol. The number of amides is 1. The summed E-state index contributed by atoms with van der Waals surface area (Å²) in [4.78, 5) is 11.5. The lowest BCUT2D eigenvalue weighted by atomic mass is 10.3. The van der Waals surface area contributed by atoms with Gasteiger partial charge in [-0.05, 0) is 26.7 Å². The Hall–Kier alpha value is -1.63. The number of aromatic nitrogens is 2. The van der Waals surface area contributed by atoms with Crippen LogP contribution in [-0.4, -0.2) is 34.7 Å². The van der Waals surface area contributed by atoms with Gasteiger partial charge >= 0.3 is 6.01 Å². The van der Waals surface area contributed by atoms with Crippen molar-refractivity contribution in [3.05, 3.63) is 5.89 Å². The number of rotatable bonds is 7. The van der Waals surface area contributed by atoms with E-state index in [9.17, 15) is 4.79 Å². The molecule has 0 saturated heterocycles. The van der Waals surface area contributed by atoms with Crippen LogP contribution < -0.4 is 16.0 Å². The highest BCUT2D eigenvalue weighted by Gasteiger charge is 2.21. The minimum absolute atomic E-state index is 0.0895. The predicted octanol–water partition coefficient (Wildman–Crippen LogP) is 0.258. The second-order valence-electron chi connectivity index (χ2n) is 4.42. The molecule has 1 aliphatic rings. The second kappa shape index (κ2) is 5.81. The molecule has 1 unspecified atom stereocenters. The van der Waals surface area contributed by atoms with E-state index in [1.165, 1.54) is 12.8 Å². The van der Waals surface area contributed by atoms with Crippen LogP contribution >= 0.6 is 0 Å². The molecule has 1 heterocycles. The van der Waals surface area contributed by atoms with Crippen LogP contribution in [0.2, 0.25) is 0 Å². The summed E-state index contributed by atoms with van der Waals surface area (Å²) in [7, 11) is 0. The Morgan fingerprint density at radius 1 is 1.50 bits per heavy atom. The van der Waals surface area contributed by atoms with Crippen LogP contribution in [0.5, 0.6) is 0 Å². The van der Waals surface area contributed by atoms with Gasteiger partial charge in [0.15, 0.2) is 0 Å². The van der Waals surface area contributed by atoms with E-state index in [1.54, 1.807) is 6.92 Å². The zero-order chi connectivity index (χ0) is 13.0. The first-order valence-electron chi connectivity index (χ1n) is 6.29. The average molecular weight is 253 g/mol. The van der Waals surface area contributed by atoms with E-state index in [2.05, 4.69) is 26.1 Å². The fourth-order valence-corrected chi connectivity index (χ4v) is 1.48. The summed E-state index contributed by atoms with van der Waals surface area (Å²) in [6, 6.07) is 0.485. The molecule has 18 heavy (non-hydrogen) atoms. The Kier molecular flexibility index (Phi) is 4.14. The molecule has 7 nitrogen and oxygen atoms in total. The van der Waals surface area contributed by atoms with Crippen molar-refractivity contribution >= 4 is 11.9 Å². The lowest BCUT2D eigenvalue weighted by molar-refractivity contribution is -0.121. The van der Waals surface area contributed by atoms with Crippen molar-refractivity contribution < 1.29 is 9.21 Å². The van der Waals surface area contributed by atoms with Gasteiger partial charge < -0.3 is 20.4 Å². The van der Waals surface area contributed by atoms with Gasteiger partial charge in [-0.15, -0.1) is 5.10 Å². The molecule has 1 fully saturated rings. The van der Waals surface area contributed by atoms with Crippen LogP contribution in [-0.2, 0) is 11.3 Å². The molecule has 1 amide bonds. The van der Waals surface area contributed by atoms with E-state index in [0.29, 0.717) is 25.0 Å². The van der Waals surface area contributed by atoms with Crippen molar-refractivity contribution in [2.45, 2.75) is 45.3 Å². The second-order valence-corrected chi connectivity index (χ2v) is 4.42. The van der Waals surface area contributed by atoms with Crippen molar-refractivity contribution in [1.29, 1.82) is 0 Å². The zero-order valence-electron chi connectivity index (χ0n) is 10.7. The first kappa shape index (κ1) is 12.8. The van der Waals surface area contributed by atoms with Gasteiger partial charge in [0.1, 0.15) is 6.04 Å². The molecule has 7 heteroatoms. The molecule has 2 rings (SSSR count). The maximum atomic E-state index is 11.5. The van der Waals surface area contributed by atoms with Crippen LogP contribution in [0.1, 0.15) is 32.6 Å². The highest BCUT2D eigenvalue weighted by atomic mass is 16.4. The summed E-state index contributed by atoms with van der Waals surface area (Å²) >= 11 is 0. The molecule has 1 aromatic heterocycles. The van der Waals surface area contributed by atoms with Crippen LogP contribution in [0.25, 0.3) is 0 Å². The first-order valence-corrected chi connectivity index (χ1v) is 6.29. The highest BCUT2D eigenvalue weighted by Crippen LogP contribution is 2.19. The zero-order valence-corrected chi connectivity index (χ0v) is 10.7. The number of anilines is 1. The van der Waals surface area contributed by atoms with Gasteiger partial charge in [-0.2, -0.15) is 0 Å². The summed E-state index contributed by atoms with van der Waals surface area (Å²) in [5.41, 5.74) is 0. The number of hydrogen-bond donors (Lipinski definition) is 3. The average Bonchev–Trinajstić information content (AvgIpc) is 3.08. The number of likely N-dealkylation sites (N-methyl/N-ethyl adjacent to an activating group) is 1. The van der Waals surface area contributed by atoms with Gasteiger partial charge in [0.25, 0.3) is 0 Å². The standard InChI is InChI=1S/C11H19N5O2/c1-3-12-10(17)7(2)14-11-16-15-9(18-11)6-13-8-4-5-8/h7-8,13H,3-6H2,1-2H3,(H,12,17)(H,14,16). The van der Waals surface area contributed by atoms with E-state index in [1.807, 2.05) is 6.92 Å². The number of nitrogens with zero attached hydrogens (tertiary/aromatic N) is 2. The lowest BCUT2D eigenvalue weighted by Gasteiger charge is -2.10. The number of carbonyl (C=O) groups excluding carboxylic acids is 1. The van der Waals surface area contributed by atoms with Crippen molar-refractivity contribution in [1.82, 2.24) is 20.8 Å². The van der Waals surface area contributed by atoms with Gasteiger partial charge in [0.05, 0.1) is 6.54 Å². The van der Waals surface area contributed by atoms with E-state index in [-0.39, 0.29) is 11.9 Å². The number of nitrogens with one attached hydrogen (secondary N) is 3. The molecule has 0 aliphatic heterocycles. The van der Waals surface area contributed by atoms with Gasteiger partial charge in [0.2, 0.25) is 11.8 Å². The Morgan fingerprint density at radius 3 is 2.94 bits per heavy atom. The molecule has 1 aliphatic carbocycles. The molecule has 100 valence electrons. The molecule has 1 atom stereocenters. The van der Waals surface area contributed by atoms with Gasteiger partial charge in [-0.25, -0.2) is 0 Å². The van der Waals surface area contributed by atoms with E-state index in [4.69, 9.17) is 4.42 Å². The van der Waals surface area contributed by atoms with Crippen LogP contribution in [0.15, 0.2) is 4.42 Å². The minimum atomic E-state index is -0.394. The summed E-state index contributed by atoms with van der Waals surface area (Å²) < 4.78 is 5.38. The van der Waals surface area contributed by atoms with Crippen molar-refractivity contribution in [2.75, 3.05) is 11.9 Å². The van der Waals surface area contributed by atoms with Gasteiger partial charge in [-0.1, -0.05) is 5.10 Å². The van der Waals surface area contributed by atoms with Gasteiger partial charge in [-0.3, -0.25) is 4.79 Å². The quantitative estimate of drug-likeness (QED) is 0.645. The summed E-state index contributed by atoms with van der Waals surface area (Å²) in [5.74, 6) is 0.445. The normalized spacial score (nSPS) is 16.3. The largest absolute Gasteiger partial charge is 0.407 e. The molecular weight excluding hydrogens is 234 g/mol.